The summed E-state index contributed by atoms with van der Waals surface area (Å²) in [5.74, 6) is -2.99. The molecule has 0 aromatic heterocycles. The van der Waals surface area contributed by atoms with Crippen molar-refractivity contribution in [1.82, 2.24) is 0 Å². The second-order valence-electron chi connectivity index (χ2n) is 9.69. The number of aliphatic carboxylic acids is 2. The lowest BCUT2D eigenvalue weighted by Crippen LogP contribution is -2.48. The normalized spacial score (nSPS) is 32.8. The van der Waals surface area contributed by atoms with E-state index < -0.39 is 29.6 Å². The predicted octanol–water partition coefficient (Wildman–Crippen LogP) is 3.77. The molecule has 0 aromatic rings. The number of carbonyl (C=O) groups is 3. The zero-order valence-electron chi connectivity index (χ0n) is 16.9. The molecule has 0 unspecified atom stereocenters. The molecule has 0 aliphatic heterocycles. The average molecular weight is 395 g/mol. The van der Waals surface area contributed by atoms with Gasteiger partial charge in [0.05, 0.1) is 12.5 Å². The minimum Gasteiger partial charge on any atom is -0.481 e. The van der Waals surface area contributed by atoms with Gasteiger partial charge in [0.2, 0.25) is 0 Å². The van der Waals surface area contributed by atoms with Gasteiger partial charge in [0.15, 0.2) is 0 Å². The van der Waals surface area contributed by atoms with Crippen molar-refractivity contribution in [3.8, 4) is 0 Å². The standard InChI is InChI=1S/C22H34O6/c1-14(23)19(21(26)27)18(20(24)25)5-3-2-4-6-28-13-22-10-15-7-16(11-22)9-17(8-15)12-22/h15-19H,2-13H2,1H3,(H,24,25)(H,26,27)/t15?,16?,17?,18-,19-,22?/m0/s1. The lowest BCUT2D eigenvalue weighted by molar-refractivity contribution is -0.157. The van der Waals surface area contributed by atoms with Crippen molar-refractivity contribution in [2.75, 3.05) is 13.2 Å². The fourth-order valence-electron chi connectivity index (χ4n) is 6.56. The Morgan fingerprint density at radius 1 is 0.929 bits per heavy atom. The highest BCUT2D eigenvalue weighted by Gasteiger charge is 2.50. The number of unbranched alkanes of at least 4 members (excludes halogenated alkanes) is 2. The van der Waals surface area contributed by atoms with E-state index in [0.717, 1.165) is 44.1 Å². The van der Waals surface area contributed by atoms with E-state index in [2.05, 4.69) is 0 Å². The average Bonchev–Trinajstić information content (AvgIpc) is 2.57. The fraction of sp³-hybridized carbons (Fsp3) is 0.864. The van der Waals surface area contributed by atoms with Gasteiger partial charge in [-0.05, 0) is 81.5 Å². The van der Waals surface area contributed by atoms with Gasteiger partial charge in [0, 0.05) is 6.61 Å². The van der Waals surface area contributed by atoms with E-state index in [-0.39, 0.29) is 6.42 Å². The van der Waals surface area contributed by atoms with Gasteiger partial charge in [-0.25, -0.2) is 0 Å². The minimum atomic E-state index is -1.45. The van der Waals surface area contributed by atoms with E-state index in [4.69, 9.17) is 9.84 Å². The SMILES string of the molecule is CC(=O)[C@H](C(=O)O)[C@H](CCCCCOCC12CC3CC(CC(C3)C1)C2)C(=O)O. The third-order valence-electron chi connectivity index (χ3n) is 7.30. The summed E-state index contributed by atoms with van der Waals surface area (Å²) in [5, 5.41) is 18.4. The Morgan fingerprint density at radius 2 is 1.50 bits per heavy atom. The van der Waals surface area contributed by atoms with Crippen LogP contribution < -0.4 is 0 Å². The summed E-state index contributed by atoms with van der Waals surface area (Å²) in [7, 11) is 0. The Labute approximate surface area is 167 Å². The lowest BCUT2D eigenvalue weighted by Gasteiger charge is -2.56. The van der Waals surface area contributed by atoms with Crippen molar-refractivity contribution in [3.05, 3.63) is 0 Å². The van der Waals surface area contributed by atoms with Crippen LogP contribution in [-0.4, -0.2) is 41.1 Å². The van der Waals surface area contributed by atoms with Crippen LogP contribution in [0.25, 0.3) is 0 Å². The monoisotopic (exact) mass is 394 g/mol. The minimum absolute atomic E-state index is 0.209. The second-order valence-corrected chi connectivity index (χ2v) is 9.69. The van der Waals surface area contributed by atoms with Gasteiger partial charge in [-0.2, -0.15) is 0 Å². The van der Waals surface area contributed by atoms with Crippen LogP contribution in [0.2, 0.25) is 0 Å². The number of hydrogen-bond donors (Lipinski definition) is 2. The largest absolute Gasteiger partial charge is 0.481 e. The van der Waals surface area contributed by atoms with Crippen molar-refractivity contribution in [1.29, 1.82) is 0 Å². The first-order valence-electron chi connectivity index (χ1n) is 10.8. The molecule has 6 nitrogen and oxygen atoms in total. The Morgan fingerprint density at radius 3 is 1.96 bits per heavy atom. The molecule has 2 atom stereocenters. The van der Waals surface area contributed by atoms with Crippen LogP contribution in [0.15, 0.2) is 0 Å². The number of ketones is 1. The van der Waals surface area contributed by atoms with Crippen molar-refractivity contribution < 1.29 is 29.3 Å². The van der Waals surface area contributed by atoms with Crippen LogP contribution in [0.4, 0.5) is 0 Å². The molecule has 2 N–H and O–H groups in total. The molecule has 4 aliphatic rings. The molecular formula is C22H34O6. The van der Waals surface area contributed by atoms with E-state index in [9.17, 15) is 19.5 Å². The van der Waals surface area contributed by atoms with Crippen molar-refractivity contribution in [2.45, 2.75) is 71.1 Å². The van der Waals surface area contributed by atoms with Gasteiger partial charge in [-0.3, -0.25) is 14.4 Å². The van der Waals surface area contributed by atoms with Crippen LogP contribution in [0.3, 0.4) is 0 Å². The van der Waals surface area contributed by atoms with Gasteiger partial charge in [0.25, 0.3) is 0 Å². The van der Waals surface area contributed by atoms with Crippen molar-refractivity contribution in [2.24, 2.45) is 35.0 Å². The molecule has 4 fully saturated rings. The third kappa shape index (κ3) is 4.94. The highest BCUT2D eigenvalue weighted by molar-refractivity contribution is 6.00. The van der Waals surface area contributed by atoms with Crippen LogP contribution in [0.5, 0.6) is 0 Å². The number of ether oxygens (including phenoxy) is 1. The zero-order chi connectivity index (χ0) is 20.3. The third-order valence-corrected chi connectivity index (χ3v) is 7.30. The van der Waals surface area contributed by atoms with Gasteiger partial charge < -0.3 is 14.9 Å². The van der Waals surface area contributed by atoms with Gasteiger partial charge in [-0.15, -0.1) is 0 Å². The predicted molar refractivity (Wildman–Crippen MR) is 103 cm³/mol. The summed E-state index contributed by atoms with van der Waals surface area (Å²) in [5.41, 5.74) is 0.416. The summed E-state index contributed by atoms with van der Waals surface area (Å²) >= 11 is 0. The molecule has 4 saturated carbocycles. The topological polar surface area (TPSA) is 101 Å². The van der Waals surface area contributed by atoms with E-state index in [1.807, 2.05) is 0 Å². The molecule has 0 radical (unpaired) electrons. The van der Waals surface area contributed by atoms with E-state index in [1.54, 1.807) is 0 Å². The number of rotatable bonds is 12. The molecule has 0 amide bonds. The first-order chi connectivity index (χ1) is 13.3. The van der Waals surface area contributed by atoms with E-state index >= 15 is 0 Å². The summed E-state index contributed by atoms with van der Waals surface area (Å²) in [6.07, 6.45) is 10.7. The van der Waals surface area contributed by atoms with Crippen molar-refractivity contribution >= 4 is 17.7 Å². The summed E-state index contributed by atoms with van der Waals surface area (Å²) in [6.45, 7) is 2.68. The molecule has 0 spiro atoms. The molecule has 0 heterocycles. The Hall–Kier alpha value is -1.43. The van der Waals surface area contributed by atoms with E-state index in [0.29, 0.717) is 18.4 Å². The maximum atomic E-state index is 11.5. The number of Topliss-reactive ketones (excluding diaryl/α,β-unsaturated/α-hetero) is 1. The quantitative estimate of drug-likeness (QED) is 0.386. The molecule has 28 heavy (non-hydrogen) atoms. The lowest BCUT2D eigenvalue weighted by atomic mass is 9.50. The summed E-state index contributed by atoms with van der Waals surface area (Å²) < 4.78 is 6.03. The van der Waals surface area contributed by atoms with Crippen molar-refractivity contribution in [3.63, 3.8) is 0 Å². The molecular weight excluding hydrogens is 360 g/mol. The molecule has 158 valence electrons. The molecule has 4 rings (SSSR count). The summed E-state index contributed by atoms with van der Waals surface area (Å²) in [4.78, 5) is 34.1. The number of carbonyl (C=O) groups excluding carboxylic acids is 1. The molecule has 4 aliphatic carbocycles. The molecule has 0 saturated heterocycles. The summed E-state index contributed by atoms with van der Waals surface area (Å²) in [6, 6.07) is 0. The number of hydrogen-bond acceptors (Lipinski definition) is 4. The van der Waals surface area contributed by atoms with Gasteiger partial charge in [-0.1, -0.05) is 12.8 Å². The Balaban J connectivity index is 1.34. The maximum absolute atomic E-state index is 11.5. The first-order valence-corrected chi connectivity index (χ1v) is 10.8. The molecule has 0 aromatic carbocycles. The smallest absolute Gasteiger partial charge is 0.314 e. The van der Waals surface area contributed by atoms with Crippen LogP contribution in [0.1, 0.15) is 71.1 Å². The Kier molecular flexibility index (Phi) is 6.79. The number of carboxylic acid groups (broad SMARTS) is 2. The van der Waals surface area contributed by atoms with Gasteiger partial charge in [0.1, 0.15) is 11.7 Å². The number of carboxylic acids is 2. The Bertz CT molecular complexity index is 549. The highest BCUT2D eigenvalue weighted by Crippen LogP contribution is 2.60. The fourth-order valence-corrected chi connectivity index (χ4v) is 6.56. The van der Waals surface area contributed by atoms with Crippen LogP contribution in [0, 0.1) is 35.0 Å². The van der Waals surface area contributed by atoms with Crippen LogP contribution >= 0.6 is 0 Å². The molecule has 4 bridgehead atoms. The van der Waals surface area contributed by atoms with E-state index in [1.165, 1.54) is 38.5 Å². The van der Waals surface area contributed by atoms with Gasteiger partial charge >= 0.3 is 11.9 Å². The molecule has 6 heteroatoms. The van der Waals surface area contributed by atoms with Crippen LogP contribution in [-0.2, 0) is 19.1 Å². The maximum Gasteiger partial charge on any atom is 0.314 e. The zero-order valence-corrected chi connectivity index (χ0v) is 16.9. The first kappa shape index (κ1) is 21.3. The highest BCUT2D eigenvalue weighted by atomic mass is 16.5. The second kappa shape index (κ2) is 8.93.